The van der Waals surface area contributed by atoms with Gasteiger partial charge in [0.1, 0.15) is 7.85 Å². The molecule has 0 saturated heterocycles. The molecule has 0 unspecified atom stereocenters. The lowest BCUT2D eigenvalue weighted by Crippen LogP contribution is -2.03. The zero-order chi connectivity index (χ0) is 8.10. The maximum Gasteiger partial charge on any atom is 0.113 e. The summed E-state index contributed by atoms with van der Waals surface area (Å²) in [5, 5.41) is 0. The number of hydrogen-bond acceptors (Lipinski definition) is 1. The Kier molecular flexibility index (Phi) is 3.18. The van der Waals surface area contributed by atoms with Crippen LogP contribution in [0.2, 0.25) is 0 Å². The van der Waals surface area contributed by atoms with Gasteiger partial charge < -0.3 is 5.73 Å². The van der Waals surface area contributed by atoms with Gasteiger partial charge in [-0.05, 0) is 24.9 Å². The third-order valence-corrected chi connectivity index (χ3v) is 1.65. The Bertz CT molecular complexity index is 205. The van der Waals surface area contributed by atoms with Gasteiger partial charge in [-0.2, -0.15) is 0 Å². The standard InChI is InChI=1S/C9H12BN/c10-9-5-3-8(4-6-9)2-1-7-11/h3-6H,1-2,7,11H2. The Labute approximate surface area is 69.0 Å². The van der Waals surface area contributed by atoms with Gasteiger partial charge in [-0.1, -0.05) is 29.7 Å². The Morgan fingerprint density at radius 2 is 1.82 bits per heavy atom. The van der Waals surface area contributed by atoms with Gasteiger partial charge in [0.2, 0.25) is 0 Å². The van der Waals surface area contributed by atoms with Crippen LogP contribution in [-0.2, 0) is 6.42 Å². The van der Waals surface area contributed by atoms with Crippen molar-refractivity contribution in [1.29, 1.82) is 0 Å². The molecule has 0 amide bonds. The van der Waals surface area contributed by atoms with Crippen LogP contribution in [-0.4, -0.2) is 14.4 Å². The van der Waals surface area contributed by atoms with Crippen LogP contribution in [0, 0.1) is 0 Å². The summed E-state index contributed by atoms with van der Waals surface area (Å²) < 4.78 is 0. The van der Waals surface area contributed by atoms with Crippen molar-refractivity contribution in [3.05, 3.63) is 29.8 Å². The van der Waals surface area contributed by atoms with Crippen LogP contribution in [0.25, 0.3) is 0 Å². The number of aryl methyl sites for hydroxylation is 1. The fourth-order valence-electron chi connectivity index (χ4n) is 0.990. The summed E-state index contributed by atoms with van der Waals surface area (Å²) in [7, 11) is 5.53. The number of nitrogens with two attached hydrogens (primary N) is 1. The van der Waals surface area contributed by atoms with E-state index >= 15 is 0 Å². The van der Waals surface area contributed by atoms with Crippen molar-refractivity contribution in [2.24, 2.45) is 5.73 Å². The van der Waals surface area contributed by atoms with Crippen LogP contribution in [0.3, 0.4) is 0 Å². The zero-order valence-electron chi connectivity index (χ0n) is 6.59. The number of hydrogen-bond donors (Lipinski definition) is 1. The van der Waals surface area contributed by atoms with Gasteiger partial charge in [-0.25, -0.2) is 0 Å². The molecule has 0 aliphatic carbocycles. The Morgan fingerprint density at radius 1 is 1.18 bits per heavy atom. The minimum absolute atomic E-state index is 0.754. The van der Waals surface area contributed by atoms with Gasteiger partial charge in [0.05, 0.1) is 0 Å². The predicted octanol–water partition coefficient (Wildman–Crippen LogP) is 0.372. The van der Waals surface area contributed by atoms with Gasteiger partial charge >= 0.3 is 0 Å². The predicted molar refractivity (Wildman–Crippen MR) is 49.2 cm³/mol. The Hall–Kier alpha value is -0.755. The van der Waals surface area contributed by atoms with E-state index in [1.807, 2.05) is 24.3 Å². The van der Waals surface area contributed by atoms with Gasteiger partial charge in [-0.3, -0.25) is 0 Å². The fourth-order valence-corrected chi connectivity index (χ4v) is 0.990. The maximum atomic E-state index is 5.53. The van der Waals surface area contributed by atoms with Crippen LogP contribution in [0.5, 0.6) is 0 Å². The van der Waals surface area contributed by atoms with Gasteiger partial charge in [0.25, 0.3) is 0 Å². The van der Waals surface area contributed by atoms with E-state index in [1.54, 1.807) is 0 Å². The zero-order valence-corrected chi connectivity index (χ0v) is 6.59. The minimum atomic E-state index is 0.754. The van der Waals surface area contributed by atoms with Crippen LogP contribution in [0.4, 0.5) is 0 Å². The highest BCUT2D eigenvalue weighted by atomic mass is 14.5. The molecular formula is C9H12BN. The molecule has 0 saturated carbocycles. The van der Waals surface area contributed by atoms with Crippen molar-refractivity contribution in [2.45, 2.75) is 12.8 Å². The molecular weight excluding hydrogens is 133 g/mol. The highest BCUT2D eigenvalue weighted by Crippen LogP contribution is 1.99. The molecule has 0 aromatic heterocycles. The van der Waals surface area contributed by atoms with Crippen molar-refractivity contribution < 1.29 is 0 Å². The van der Waals surface area contributed by atoms with E-state index in [2.05, 4.69) is 0 Å². The van der Waals surface area contributed by atoms with Gasteiger partial charge in [-0.15, -0.1) is 0 Å². The molecule has 11 heavy (non-hydrogen) atoms. The third-order valence-electron chi connectivity index (χ3n) is 1.65. The first-order valence-electron chi connectivity index (χ1n) is 3.87. The van der Waals surface area contributed by atoms with Gasteiger partial charge in [0.15, 0.2) is 0 Å². The molecule has 56 valence electrons. The summed E-state index contributed by atoms with van der Waals surface area (Å²) in [5.41, 5.74) is 7.51. The monoisotopic (exact) mass is 145 g/mol. The van der Waals surface area contributed by atoms with E-state index in [0.717, 1.165) is 24.8 Å². The smallest absolute Gasteiger partial charge is 0.113 e. The van der Waals surface area contributed by atoms with Crippen LogP contribution < -0.4 is 11.2 Å². The minimum Gasteiger partial charge on any atom is -0.330 e. The van der Waals surface area contributed by atoms with E-state index in [9.17, 15) is 0 Å². The summed E-state index contributed by atoms with van der Waals surface area (Å²) in [6.07, 6.45) is 2.10. The van der Waals surface area contributed by atoms with E-state index in [0.29, 0.717) is 0 Å². The Morgan fingerprint density at radius 3 is 2.36 bits per heavy atom. The van der Waals surface area contributed by atoms with Crippen molar-refractivity contribution in [1.82, 2.24) is 0 Å². The molecule has 1 aromatic rings. The summed E-state index contributed by atoms with van der Waals surface area (Å²) in [5.74, 6) is 0. The molecule has 1 nitrogen and oxygen atoms in total. The number of benzene rings is 1. The first kappa shape index (κ1) is 8.34. The average Bonchev–Trinajstić information content (AvgIpc) is 2.04. The van der Waals surface area contributed by atoms with E-state index in [-0.39, 0.29) is 0 Å². The van der Waals surface area contributed by atoms with E-state index in [4.69, 9.17) is 13.6 Å². The molecule has 0 fully saturated rings. The molecule has 0 bridgehead atoms. The Balaban J connectivity index is 2.52. The second-order valence-electron chi connectivity index (χ2n) is 2.63. The van der Waals surface area contributed by atoms with Crippen LogP contribution in [0.15, 0.2) is 24.3 Å². The van der Waals surface area contributed by atoms with E-state index in [1.165, 1.54) is 5.56 Å². The molecule has 2 N–H and O–H groups in total. The fraction of sp³-hybridized carbons (Fsp3) is 0.333. The topological polar surface area (TPSA) is 26.0 Å². The van der Waals surface area contributed by atoms with Crippen molar-refractivity contribution in [2.75, 3.05) is 6.54 Å². The second kappa shape index (κ2) is 4.19. The summed E-state index contributed by atoms with van der Waals surface area (Å²) >= 11 is 0. The molecule has 0 spiro atoms. The first-order valence-corrected chi connectivity index (χ1v) is 3.87. The van der Waals surface area contributed by atoms with Gasteiger partial charge in [0, 0.05) is 0 Å². The van der Waals surface area contributed by atoms with Crippen molar-refractivity contribution >= 4 is 13.3 Å². The summed E-state index contributed by atoms with van der Waals surface area (Å²) in [4.78, 5) is 0. The molecule has 0 atom stereocenters. The van der Waals surface area contributed by atoms with E-state index < -0.39 is 0 Å². The molecule has 1 aromatic carbocycles. The molecule has 2 radical (unpaired) electrons. The highest BCUT2D eigenvalue weighted by molar-refractivity contribution is 6.32. The summed E-state index contributed by atoms with van der Waals surface area (Å²) in [6, 6.07) is 7.94. The first-order chi connectivity index (χ1) is 5.33. The van der Waals surface area contributed by atoms with Crippen molar-refractivity contribution in [3.63, 3.8) is 0 Å². The number of rotatable bonds is 3. The SMILES string of the molecule is [B]c1ccc(CCCN)cc1. The molecule has 0 aliphatic rings. The normalized spacial score (nSPS) is 9.91. The molecule has 2 heteroatoms. The average molecular weight is 145 g/mol. The molecule has 0 heterocycles. The molecule has 0 aliphatic heterocycles. The third kappa shape index (κ3) is 2.77. The molecule has 1 rings (SSSR count). The van der Waals surface area contributed by atoms with Crippen LogP contribution in [0.1, 0.15) is 12.0 Å². The lowest BCUT2D eigenvalue weighted by molar-refractivity contribution is 0.833. The quantitative estimate of drug-likeness (QED) is 0.611. The highest BCUT2D eigenvalue weighted by Gasteiger charge is 1.89. The summed E-state index contributed by atoms with van der Waals surface area (Å²) in [6.45, 7) is 0.754. The van der Waals surface area contributed by atoms with Crippen LogP contribution >= 0.6 is 0 Å². The van der Waals surface area contributed by atoms with Crippen molar-refractivity contribution in [3.8, 4) is 0 Å². The lowest BCUT2D eigenvalue weighted by atomic mass is 9.94. The maximum absolute atomic E-state index is 5.53. The second-order valence-corrected chi connectivity index (χ2v) is 2.63. The lowest BCUT2D eigenvalue weighted by Gasteiger charge is -1.99. The largest absolute Gasteiger partial charge is 0.330 e.